The van der Waals surface area contributed by atoms with Crippen molar-refractivity contribution in [2.75, 3.05) is 40.9 Å². The van der Waals surface area contributed by atoms with Gasteiger partial charge in [-0.3, -0.25) is 9.59 Å². The highest BCUT2D eigenvalue weighted by Gasteiger charge is 2.44. The lowest BCUT2D eigenvalue weighted by Crippen LogP contribution is -3.05. The number of carbonyl (C=O) groups is 2. The van der Waals surface area contributed by atoms with Crippen molar-refractivity contribution in [3.63, 3.8) is 0 Å². The van der Waals surface area contributed by atoms with Gasteiger partial charge < -0.3 is 24.4 Å². The third kappa shape index (κ3) is 5.31. The molecule has 0 bridgehead atoms. The molecule has 1 N–H and O–H groups in total. The average Bonchev–Trinajstić information content (AvgIpc) is 3.05. The standard InChI is InChI=1S/C25H29ClN2O5/c1-5-33-20-12-9-17(15-19(20)26)23(29)21-22(16-7-10-18(32-4)11-8-16)28(25(31)24(21)30)14-6-13-27(2)3/h7-12,15,22,29H,5-6,13-14H2,1-4H3. The van der Waals surface area contributed by atoms with Crippen LogP contribution in [0.15, 0.2) is 48.0 Å². The predicted octanol–water partition coefficient (Wildman–Crippen LogP) is 1.51. The molecule has 0 aliphatic carbocycles. The summed E-state index contributed by atoms with van der Waals surface area (Å²) >= 11 is 6.27. The van der Waals surface area contributed by atoms with Gasteiger partial charge in [-0.2, -0.15) is 0 Å². The lowest BCUT2D eigenvalue weighted by molar-refractivity contribution is -0.858. The normalized spacial score (nSPS) is 17.6. The minimum atomic E-state index is -0.775. The fraction of sp³-hybridized carbons (Fsp3) is 0.360. The van der Waals surface area contributed by atoms with Crippen LogP contribution in [0.1, 0.15) is 30.5 Å². The fourth-order valence-corrected chi connectivity index (χ4v) is 4.14. The number of hydrogen-bond donors (Lipinski definition) is 1. The zero-order valence-corrected chi connectivity index (χ0v) is 20.1. The molecule has 7 nitrogen and oxygen atoms in total. The first kappa shape index (κ1) is 24.6. The smallest absolute Gasteiger partial charge is 0.295 e. The van der Waals surface area contributed by atoms with Gasteiger partial charge in [-0.1, -0.05) is 35.6 Å². The number of ether oxygens (including phenoxy) is 2. The minimum Gasteiger partial charge on any atom is -0.872 e. The molecule has 1 aliphatic rings. The van der Waals surface area contributed by atoms with Crippen molar-refractivity contribution in [3.05, 3.63) is 64.2 Å². The van der Waals surface area contributed by atoms with E-state index in [2.05, 4.69) is 0 Å². The maximum atomic E-state index is 13.5. The third-order valence-electron chi connectivity index (χ3n) is 5.53. The first-order valence-corrected chi connectivity index (χ1v) is 11.3. The second-order valence-electron chi connectivity index (χ2n) is 8.14. The van der Waals surface area contributed by atoms with Crippen molar-refractivity contribution in [2.24, 2.45) is 0 Å². The molecule has 1 amide bonds. The lowest BCUT2D eigenvalue weighted by atomic mass is 9.95. The van der Waals surface area contributed by atoms with E-state index in [0.29, 0.717) is 36.6 Å². The molecule has 1 atom stereocenters. The van der Waals surface area contributed by atoms with Crippen molar-refractivity contribution >= 4 is 29.1 Å². The molecule has 0 spiro atoms. The van der Waals surface area contributed by atoms with Crippen LogP contribution in [0, 0.1) is 0 Å². The molecular formula is C25H29ClN2O5. The van der Waals surface area contributed by atoms with Crippen LogP contribution in [0.5, 0.6) is 11.5 Å². The number of hydrogen-bond acceptors (Lipinski definition) is 5. The van der Waals surface area contributed by atoms with Gasteiger partial charge in [0.25, 0.3) is 5.91 Å². The van der Waals surface area contributed by atoms with E-state index in [4.69, 9.17) is 21.1 Å². The molecule has 3 rings (SSSR count). The van der Waals surface area contributed by atoms with Crippen LogP contribution < -0.4 is 19.5 Å². The maximum absolute atomic E-state index is 13.5. The van der Waals surface area contributed by atoms with Gasteiger partial charge in [0.05, 0.1) is 45.4 Å². The number of Topliss-reactive ketones (excluding diaryl/α,β-unsaturated/α-hetero) is 1. The number of amides is 1. The minimum absolute atomic E-state index is 0.0670. The molecule has 2 aromatic carbocycles. The van der Waals surface area contributed by atoms with Crippen LogP contribution in [0.25, 0.3) is 5.76 Å². The van der Waals surface area contributed by atoms with Crippen LogP contribution in [0.3, 0.4) is 0 Å². The number of benzene rings is 2. The second kappa shape index (κ2) is 10.7. The van der Waals surface area contributed by atoms with Gasteiger partial charge >= 0.3 is 0 Å². The Hall–Kier alpha value is -3.03. The monoisotopic (exact) mass is 472 g/mol. The quantitative estimate of drug-likeness (QED) is 0.340. The summed E-state index contributed by atoms with van der Waals surface area (Å²) < 4.78 is 10.7. The molecule has 8 heteroatoms. The topological polar surface area (TPSA) is 83.3 Å². The van der Waals surface area contributed by atoms with E-state index in [9.17, 15) is 14.7 Å². The fourth-order valence-electron chi connectivity index (χ4n) is 3.91. The van der Waals surface area contributed by atoms with E-state index in [1.165, 1.54) is 15.9 Å². The number of nitrogens with one attached hydrogen (secondary N) is 1. The van der Waals surface area contributed by atoms with Crippen molar-refractivity contribution in [1.29, 1.82) is 0 Å². The zero-order chi connectivity index (χ0) is 24.1. The van der Waals surface area contributed by atoms with E-state index in [0.717, 1.165) is 6.54 Å². The molecule has 1 unspecified atom stereocenters. The van der Waals surface area contributed by atoms with Crippen molar-refractivity contribution in [2.45, 2.75) is 19.4 Å². The SMILES string of the molecule is CCOc1ccc(C([O-])=C2C(=O)C(=O)N(CCC[NH+](C)C)C2c2ccc(OC)cc2)cc1Cl. The first-order chi connectivity index (χ1) is 15.8. The molecule has 1 heterocycles. The molecule has 0 radical (unpaired) electrons. The Kier molecular flexibility index (Phi) is 8.00. The molecule has 1 fully saturated rings. The number of quaternary nitrogens is 1. The highest BCUT2D eigenvalue weighted by atomic mass is 35.5. The molecule has 2 aromatic rings. The number of halogens is 1. The van der Waals surface area contributed by atoms with Gasteiger partial charge in [-0.25, -0.2) is 0 Å². The van der Waals surface area contributed by atoms with Gasteiger partial charge in [0.1, 0.15) is 11.5 Å². The van der Waals surface area contributed by atoms with Crippen LogP contribution in [0.2, 0.25) is 5.02 Å². The Balaban J connectivity index is 2.08. The van der Waals surface area contributed by atoms with Gasteiger partial charge in [0.2, 0.25) is 5.78 Å². The summed E-state index contributed by atoms with van der Waals surface area (Å²) in [5, 5.41) is 13.8. The summed E-state index contributed by atoms with van der Waals surface area (Å²) in [6.07, 6.45) is 0.699. The summed E-state index contributed by atoms with van der Waals surface area (Å²) in [4.78, 5) is 28.7. The predicted molar refractivity (Wildman–Crippen MR) is 124 cm³/mol. The van der Waals surface area contributed by atoms with Crippen molar-refractivity contribution < 1.29 is 29.1 Å². The third-order valence-corrected chi connectivity index (χ3v) is 5.83. The van der Waals surface area contributed by atoms with Crippen molar-refractivity contribution in [1.82, 2.24) is 4.90 Å². The summed E-state index contributed by atoms with van der Waals surface area (Å²) in [5.41, 5.74) is 0.841. The summed E-state index contributed by atoms with van der Waals surface area (Å²) in [6, 6.07) is 10.9. The maximum Gasteiger partial charge on any atom is 0.295 e. The van der Waals surface area contributed by atoms with E-state index < -0.39 is 23.5 Å². The number of nitrogens with zero attached hydrogens (tertiary/aromatic N) is 1. The Labute approximate surface area is 199 Å². The number of carbonyl (C=O) groups excluding carboxylic acids is 2. The largest absolute Gasteiger partial charge is 0.872 e. The van der Waals surface area contributed by atoms with Crippen molar-refractivity contribution in [3.8, 4) is 11.5 Å². The van der Waals surface area contributed by atoms with Gasteiger partial charge in [0.15, 0.2) is 0 Å². The van der Waals surface area contributed by atoms with E-state index in [-0.39, 0.29) is 16.2 Å². The Bertz CT molecular complexity index is 1050. The molecule has 0 aromatic heterocycles. The number of ketones is 1. The Morgan fingerprint density at radius 3 is 2.42 bits per heavy atom. The molecule has 1 aliphatic heterocycles. The highest BCUT2D eigenvalue weighted by Crippen LogP contribution is 2.40. The second-order valence-corrected chi connectivity index (χ2v) is 8.54. The molecule has 1 saturated heterocycles. The zero-order valence-electron chi connectivity index (χ0n) is 19.3. The number of likely N-dealkylation sites (tertiary alicyclic amines) is 1. The van der Waals surface area contributed by atoms with Gasteiger partial charge in [-0.15, -0.1) is 0 Å². The van der Waals surface area contributed by atoms with Gasteiger partial charge in [-0.05, 0) is 42.3 Å². The van der Waals surface area contributed by atoms with E-state index in [1.54, 1.807) is 43.5 Å². The van der Waals surface area contributed by atoms with Crippen LogP contribution in [-0.4, -0.2) is 57.5 Å². The van der Waals surface area contributed by atoms with E-state index in [1.807, 2.05) is 21.0 Å². The number of rotatable bonds is 9. The highest BCUT2D eigenvalue weighted by molar-refractivity contribution is 6.46. The number of methoxy groups -OCH3 is 1. The Morgan fingerprint density at radius 2 is 1.85 bits per heavy atom. The average molecular weight is 473 g/mol. The van der Waals surface area contributed by atoms with E-state index >= 15 is 0 Å². The molecular weight excluding hydrogens is 444 g/mol. The molecule has 176 valence electrons. The summed E-state index contributed by atoms with van der Waals surface area (Å²) in [5.74, 6) is -0.856. The van der Waals surface area contributed by atoms with Crippen LogP contribution in [0.4, 0.5) is 0 Å². The van der Waals surface area contributed by atoms with Crippen LogP contribution >= 0.6 is 11.6 Å². The summed E-state index contributed by atoms with van der Waals surface area (Å²) in [7, 11) is 5.60. The van der Waals surface area contributed by atoms with Crippen LogP contribution in [-0.2, 0) is 9.59 Å². The first-order valence-electron chi connectivity index (χ1n) is 10.9. The lowest BCUT2D eigenvalue weighted by Gasteiger charge is -2.28. The summed E-state index contributed by atoms with van der Waals surface area (Å²) in [6.45, 7) is 3.46. The molecule has 0 saturated carbocycles. The molecule has 33 heavy (non-hydrogen) atoms. The van der Waals surface area contributed by atoms with Gasteiger partial charge in [0, 0.05) is 18.5 Å². The Morgan fingerprint density at radius 1 is 1.15 bits per heavy atom.